The van der Waals surface area contributed by atoms with Crippen molar-refractivity contribution < 1.29 is 9.47 Å². The molecule has 0 atom stereocenters. The smallest absolute Gasteiger partial charge is 0.121 e. The fourth-order valence-electron chi connectivity index (χ4n) is 1.69. The van der Waals surface area contributed by atoms with Crippen LogP contribution in [0.4, 0.5) is 0 Å². The summed E-state index contributed by atoms with van der Waals surface area (Å²) in [5, 5.41) is 0. The summed E-state index contributed by atoms with van der Waals surface area (Å²) < 4.78 is 10.4. The van der Waals surface area contributed by atoms with Crippen LogP contribution in [0.25, 0.3) is 0 Å². The standard InChI is InChI=1S/C15H16O2S/c1-11-10-14(8-9-15(11)17-3)18-13-6-4-12(16-2)5-7-13/h4-10H,1-3H3. The van der Waals surface area contributed by atoms with E-state index in [1.165, 1.54) is 9.79 Å². The van der Waals surface area contributed by atoms with E-state index in [1.54, 1.807) is 26.0 Å². The maximum atomic E-state index is 5.25. The number of hydrogen-bond donors (Lipinski definition) is 0. The minimum Gasteiger partial charge on any atom is -0.497 e. The van der Waals surface area contributed by atoms with Gasteiger partial charge in [0, 0.05) is 9.79 Å². The third-order valence-electron chi connectivity index (χ3n) is 2.66. The maximum absolute atomic E-state index is 5.25. The van der Waals surface area contributed by atoms with Crippen LogP contribution < -0.4 is 9.47 Å². The Hall–Kier alpha value is -1.61. The molecule has 0 unspecified atom stereocenters. The van der Waals surface area contributed by atoms with Crippen molar-refractivity contribution in [3.63, 3.8) is 0 Å². The number of rotatable bonds is 4. The van der Waals surface area contributed by atoms with Gasteiger partial charge >= 0.3 is 0 Å². The zero-order chi connectivity index (χ0) is 13.0. The molecule has 0 aromatic heterocycles. The molecule has 18 heavy (non-hydrogen) atoms. The number of ether oxygens (including phenoxy) is 2. The van der Waals surface area contributed by atoms with Gasteiger partial charge in [-0.25, -0.2) is 0 Å². The molecule has 2 aromatic carbocycles. The van der Waals surface area contributed by atoms with Gasteiger partial charge in [-0.1, -0.05) is 11.8 Å². The average molecular weight is 260 g/mol. The molecule has 0 heterocycles. The number of hydrogen-bond acceptors (Lipinski definition) is 3. The first-order valence-corrected chi connectivity index (χ1v) is 6.51. The summed E-state index contributed by atoms with van der Waals surface area (Å²) >= 11 is 1.73. The highest BCUT2D eigenvalue weighted by Gasteiger charge is 2.02. The quantitative estimate of drug-likeness (QED) is 0.822. The van der Waals surface area contributed by atoms with Gasteiger partial charge in [-0.05, 0) is 55.0 Å². The molecule has 0 bridgehead atoms. The van der Waals surface area contributed by atoms with Gasteiger partial charge in [-0.15, -0.1) is 0 Å². The summed E-state index contributed by atoms with van der Waals surface area (Å²) in [4.78, 5) is 2.40. The summed E-state index contributed by atoms with van der Waals surface area (Å²) in [7, 11) is 3.37. The van der Waals surface area contributed by atoms with Crippen LogP contribution in [-0.2, 0) is 0 Å². The second kappa shape index (κ2) is 5.83. The fourth-order valence-corrected chi connectivity index (χ4v) is 2.61. The third kappa shape index (κ3) is 2.99. The molecule has 0 spiro atoms. The van der Waals surface area contributed by atoms with Crippen LogP contribution in [0, 0.1) is 6.92 Å². The third-order valence-corrected chi connectivity index (χ3v) is 3.66. The summed E-state index contributed by atoms with van der Waals surface area (Å²) in [5.41, 5.74) is 1.15. The Balaban J connectivity index is 2.15. The minimum atomic E-state index is 0.880. The molecule has 0 aliphatic rings. The highest BCUT2D eigenvalue weighted by molar-refractivity contribution is 7.99. The van der Waals surface area contributed by atoms with Crippen molar-refractivity contribution in [1.82, 2.24) is 0 Å². The van der Waals surface area contributed by atoms with E-state index in [0.717, 1.165) is 17.1 Å². The average Bonchev–Trinajstić information content (AvgIpc) is 2.40. The van der Waals surface area contributed by atoms with E-state index in [1.807, 2.05) is 18.2 Å². The lowest BCUT2D eigenvalue weighted by Crippen LogP contribution is -1.86. The summed E-state index contributed by atoms with van der Waals surface area (Å²) in [6.45, 7) is 2.05. The second-order valence-electron chi connectivity index (χ2n) is 3.91. The molecule has 0 amide bonds. The van der Waals surface area contributed by atoms with Crippen molar-refractivity contribution in [2.45, 2.75) is 16.7 Å². The SMILES string of the molecule is COc1ccc(Sc2ccc(OC)c(C)c2)cc1. The Morgan fingerprint density at radius 1 is 0.833 bits per heavy atom. The van der Waals surface area contributed by atoms with Gasteiger partial charge < -0.3 is 9.47 Å². The Kier molecular flexibility index (Phi) is 4.15. The van der Waals surface area contributed by atoms with Crippen molar-refractivity contribution in [2.75, 3.05) is 14.2 Å². The zero-order valence-corrected chi connectivity index (χ0v) is 11.6. The monoisotopic (exact) mass is 260 g/mol. The molecule has 3 heteroatoms. The first-order valence-electron chi connectivity index (χ1n) is 5.69. The zero-order valence-electron chi connectivity index (χ0n) is 10.8. The maximum Gasteiger partial charge on any atom is 0.121 e. The predicted molar refractivity (Wildman–Crippen MR) is 74.8 cm³/mol. The van der Waals surface area contributed by atoms with Gasteiger partial charge in [-0.3, -0.25) is 0 Å². The molecule has 94 valence electrons. The van der Waals surface area contributed by atoms with Crippen molar-refractivity contribution >= 4 is 11.8 Å². The van der Waals surface area contributed by atoms with Crippen molar-refractivity contribution in [1.29, 1.82) is 0 Å². The van der Waals surface area contributed by atoms with Gasteiger partial charge in [0.1, 0.15) is 11.5 Å². The largest absolute Gasteiger partial charge is 0.497 e. The van der Waals surface area contributed by atoms with E-state index in [9.17, 15) is 0 Å². The normalized spacial score (nSPS) is 10.2. The van der Waals surface area contributed by atoms with Crippen LogP contribution in [0.2, 0.25) is 0 Å². The lowest BCUT2D eigenvalue weighted by Gasteiger charge is -2.07. The number of methoxy groups -OCH3 is 2. The first-order chi connectivity index (χ1) is 8.72. The van der Waals surface area contributed by atoms with Crippen LogP contribution in [0.1, 0.15) is 5.56 Å². The molecule has 0 saturated carbocycles. The van der Waals surface area contributed by atoms with Crippen LogP contribution >= 0.6 is 11.8 Å². The van der Waals surface area contributed by atoms with Crippen LogP contribution in [0.3, 0.4) is 0 Å². The number of benzene rings is 2. The van der Waals surface area contributed by atoms with Gasteiger partial charge in [-0.2, -0.15) is 0 Å². The summed E-state index contributed by atoms with van der Waals surface area (Å²) in [6.07, 6.45) is 0. The Morgan fingerprint density at radius 3 is 2.06 bits per heavy atom. The van der Waals surface area contributed by atoms with E-state index in [0.29, 0.717) is 0 Å². The van der Waals surface area contributed by atoms with Crippen molar-refractivity contribution in [2.24, 2.45) is 0 Å². The molecule has 0 saturated heterocycles. The molecular formula is C15H16O2S. The molecular weight excluding hydrogens is 244 g/mol. The van der Waals surface area contributed by atoms with Crippen molar-refractivity contribution in [3.05, 3.63) is 48.0 Å². The molecule has 2 aromatic rings. The molecule has 2 nitrogen and oxygen atoms in total. The first kappa shape index (κ1) is 12.8. The van der Waals surface area contributed by atoms with E-state index >= 15 is 0 Å². The van der Waals surface area contributed by atoms with Gasteiger partial charge in [0.15, 0.2) is 0 Å². The predicted octanol–water partition coefficient (Wildman–Crippen LogP) is 4.16. The molecule has 0 radical (unpaired) electrons. The Bertz CT molecular complexity index is 521. The highest BCUT2D eigenvalue weighted by Crippen LogP contribution is 2.31. The second-order valence-corrected chi connectivity index (χ2v) is 5.06. The van der Waals surface area contributed by atoms with Crippen LogP contribution in [0.5, 0.6) is 11.5 Å². The van der Waals surface area contributed by atoms with Gasteiger partial charge in [0.05, 0.1) is 14.2 Å². The van der Waals surface area contributed by atoms with E-state index in [4.69, 9.17) is 9.47 Å². The molecule has 0 N–H and O–H groups in total. The fraction of sp³-hybridized carbons (Fsp3) is 0.200. The highest BCUT2D eigenvalue weighted by atomic mass is 32.2. The van der Waals surface area contributed by atoms with Crippen LogP contribution in [0.15, 0.2) is 52.3 Å². The van der Waals surface area contributed by atoms with E-state index < -0.39 is 0 Å². The summed E-state index contributed by atoms with van der Waals surface area (Å²) in [6, 6.07) is 14.3. The Morgan fingerprint density at radius 2 is 1.50 bits per heavy atom. The molecule has 2 rings (SSSR count). The number of aryl methyl sites for hydroxylation is 1. The minimum absolute atomic E-state index is 0.880. The lowest BCUT2D eigenvalue weighted by atomic mass is 10.2. The molecule has 0 aliphatic heterocycles. The molecule has 0 aliphatic carbocycles. The summed E-state index contributed by atoms with van der Waals surface area (Å²) in [5.74, 6) is 1.80. The Labute approximate surface area is 112 Å². The molecule has 0 fully saturated rings. The lowest BCUT2D eigenvalue weighted by molar-refractivity contribution is 0.411. The van der Waals surface area contributed by atoms with Gasteiger partial charge in [0.2, 0.25) is 0 Å². The van der Waals surface area contributed by atoms with E-state index in [2.05, 4.69) is 31.2 Å². The topological polar surface area (TPSA) is 18.5 Å². The van der Waals surface area contributed by atoms with Crippen LogP contribution in [-0.4, -0.2) is 14.2 Å². The van der Waals surface area contributed by atoms with Gasteiger partial charge in [0.25, 0.3) is 0 Å². The van der Waals surface area contributed by atoms with Crippen molar-refractivity contribution in [3.8, 4) is 11.5 Å². The van der Waals surface area contributed by atoms with E-state index in [-0.39, 0.29) is 0 Å².